The maximum absolute atomic E-state index is 13.5. The number of unbranched alkanes of at least 4 members (excludes halogenated alkanes) is 41. The molecule has 0 aliphatic carbocycles. The zero-order valence-corrected chi connectivity index (χ0v) is 52.2. The van der Waals surface area contributed by atoms with Crippen molar-refractivity contribution in [2.75, 3.05) is 13.2 Å². The van der Waals surface area contributed by atoms with E-state index in [-0.39, 0.29) is 13.0 Å². The van der Waals surface area contributed by atoms with Crippen molar-refractivity contribution in [3.8, 4) is 0 Å². The highest BCUT2D eigenvalue weighted by molar-refractivity contribution is 5.80. The van der Waals surface area contributed by atoms with Gasteiger partial charge in [0.15, 0.2) is 12.4 Å². The van der Waals surface area contributed by atoms with E-state index in [4.69, 9.17) is 14.2 Å². The molecule has 8 atom stereocenters. The molecule has 1 amide bonds. The van der Waals surface area contributed by atoms with Crippen LogP contribution in [0.5, 0.6) is 0 Å². The Morgan fingerprint density at radius 1 is 0.475 bits per heavy atom. The lowest BCUT2D eigenvalue weighted by Crippen LogP contribution is -2.61. The van der Waals surface area contributed by atoms with E-state index in [2.05, 4.69) is 50.4 Å². The summed E-state index contributed by atoms with van der Waals surface area (Å²) < 4.78 is 17.7. The lowest BCUT2D eigenvalue weighted by atomic mass is 9.99. The number of carbonyl (C=O) groups is 2. The minimum atomic E-state index is -1.61. The van der Waals surface area contributed by atoms with Crippen molar-refractivity contribution in [1.29, 1.82) is 0 Å². The highest BCUT2D eigenvalue weighted by atomic mass is 16.7. The van der Waals surface area contributed by atoms with E-state index in [1.807, 2.05) is 6.08 Å². The maximum Gasteiger partial charge on any atom is 0.306 e. The molecule has 11 nitrogen and oxygen atoms in total. The number of aliphatic hydroxyl groups is 5. The molecule has 0 bridgehead atoms. The fraction of sp³-hybridized carbons (Fsp3) is 0.884. The Balaban J connectivity index is 2.60. The summed E-state index contributed by atoms with van der Waals surface area (Å²) >= 11 is 0. The molecule has 470 valence electrons. The zero-order chi connectivity index (χ0) is 58.2. The number of aliphatic hydroxyl groups excluding tert-OH is 5. The van der Waals surface area contributed by atoms with E-state index >= 15 is 0 Å². The predicted octanol–water partition coefficient (Wildman–Crippen LogP) is 17.0. The molecule has 0 aromatic carbocycles. The number of hydrogen-bond donors (Lipinski definition) is 6. The van der Waals surface area contributed by atoms with Crippen molar-refractivity contribution in [2.24, 2.45) is 0 Å². The molecular weight excluding hydrogens is 1000 g/mol. The van der Waals surface area contributed by atoms with Crippen molar-refractivity contribution in [1.82, 2.24) is 5.32 Å². The Bertz CT molecular complexity index is 1440. The lowest BCUT2D eigenvalue weighted by molar-refractivity contribution is -0.305. The Kier molecular flexibility index (Phi) is 54.4. The zero-order valence-electron chi connectivity index (χ0n) is 52.2. The number of esters is 1. The number of amides is 1. The largest absolute Gasteiger partial charge is 0.454 e. The first-order valence-corrected chi connectivity index (χ1v) is 34.3. The molecule has 0 saturated carbocycles. The van der Waals surface area contributed by atoms with Gasteiger partial charge < -0.3 is 45.1 Å². The summed E-state index contributed by atoms with van der Waals surface area (Å²) in [5.74, 6) is -1.19. The van der Waals surface area contributed by atoms with Gasteiger partial charge >= 0.3 is 5.97 Å². The maximum atomic E-state index is 13.5. The first kappa shape index (κ1) is 75.9. The molecule has 0 aromatic rings. The van der Waals surface area contributed by atoms with Crippen molar-refractivity contribution < 1.29 is 49.3 Å². The van der Waals surface area contributed by atoms with Gasteiger partial charge in [-0.2, -0.15) is 0 Å². The van der Waals surface area contributed by atoms with E-state index in [1.54, 1.807) is 6.08 Å². The summed E-state index contributed by atoms with van der Waals surface area (Å²) in [6.45, 7) is 5.82. The molecule has 1 saturated heterocycles. The number of carbonyl (C=O) groups excluding carboxylic acids is 2. The Labute approximate surface area is 492 Å². The molecule has 0 aromatic heterocycles. The fourth-order valence-corrected chi connectivity index (χ4v) is 10.8. The molecule has 11 heteroatoms. The van der Waals surface area contributed by atoms with Crippen LogP contribution in [0.3, 0.4) is 0 Å². The summed E-state index contributed by atoms with van der Waals surface area (Å²) in [5, 5.41) is 57.1. The van der Waals surface area contributed by atoms with E-state index in [0.717, 1.165) is 70.6 Å². The van der Waals surface area contributed by atoms with Gasteiger partial charge in [-0.05, 0) is 77.0 Å². The van der Waals surface area contributed by atoms with Crippen LogP contribution in [0.1, 0.15) is 329 Å². The van der Waals surface area contributed by atoms with Gasteiger partial charge in [-0.1, -0.05) is 282 Å². The minimum Gasteiger partial charge on any atom is -0.454 e. The van der Waals surface area contributed by atoms with Crippen LogP contribution >= 0.6 is 0 Å². The second-order valence-electron chi connectivity index (χ2n) is 23.9. The quantitative estimate of drug-likeness (QED) is 0.0195. The summed E-state index contributed by atoms with van der Waals surface area (Å²) in [5.41, 5.74) is 0. The topological polar surface area (TPSA) is 175 Å². The SMILES string of the molecule is CCCCCCCC/C=C/CCCCCCCCCCCCCCC(O)C(=O)NC(COC1OC(CO)C(O)C(O)C1OC(=O)CCCCCCCCC/C=C/CCCCCCCC)C(O)/C=C/CCCCCCCCCCCC. The fourth-order valence-electron chi connectivity index (χ4n) is 10.8. The van der Waals surface area contributed by atoms with Gasteiger partial charge in [-0.15, -0.1) is 0 Å². The van der Waals surface area contributed by atoms with E-state index < -0.39 is 67.4 Å². The van der Waals surface area contributed by atoms with Gasteiger partial charge in [0.05, 0.1) is 25.4 Å². The molecule has 1 rings (SSSR count). The van der Waals surface area contributed by atoms with Gasteiger partial charge in [-0.25, -0.2) is 0 Å². The van der Waals surface area contributed by atoms with Crippen LogP contribution < -0.4 is 5.32 Å². The van der Waals surface area contributed by atoms with Crippen LogP contribution in [0.4, 0.5) is 0 Å². The third-order valence-corrected chi connectivity index (χ3v) is 16.3. The van der Waals surface area contributed by atoms with Gasteiger partial charge in [0, 0.05) is 6.42 Å². The van der Waals surface area contributed by atoms with Crippen molar-refractivity contribution in [3.63, 3.8) is 0 Å². The molecule has 1 fully saturated rings. The monoisotopic (exact) mass is 1130 g/mol. The van der Waals surface area contributed by atoms with E-state index in [1.165, 1.54) is 212 Å². The molecule has 0 radical (unpaired) electrons. The van der Waals surface area contributed by atoms with E-state index in [9.17, 15) is 35.1 Å². The first-order chi connectivity index (χ1) is 39.2. The van der Waals surface area contributed by atoms with Crippen LogP contribution in [-0.2, 0) is 23.8 Å². The summed E-state index contributed by atoms with van der Waals surface area (Å²) in [6, 6.07) is -1.02. The highest BCUT2D eigenvalue weighted by Gasteiger charge is 2.47. The summed E-state index contributed by atoms with van der Waals surface area (Å²) in [6.07, 6.45) is 59.0. The second kappa shape index (κ2) is 57.3. The smallest absolute Gasteiger partial charge is 0.306 e. The normalized spacial score (nSPS) is 18.9. The molecule has 1 heterocycles. The van der Waals surface area contributed by atoms with Gasteiger partial charge in [0.25, 0.3) is 0 Å². The number of nitrogens with one attached hydrogen (secondary N) is 1. The average molecular weight is 1130 g/mol. The number of allylic oxidation sites excluding steroid dienone is 5. The molecule has 8 unspecified atom stereocenters. The van der Waals surface area contributed by atoms with Crippen molar-refractivity contribution in [3.05, 3.63) is 36.5 Å². The molecular formula is C69H129NO10. The highest BCUT2D eigenvalue weighted by Crippen LogP contribution is 2.26. The second-order valence-corrected chi connectivity index (χ2v) is 23.9. The summed E-state index contributed by atoms with van der Waals surface area (Å²) in [7, 11) is 0. The molecule has 1 aliphatic heterocycles. The minimum absolute atomic E-state index is 0.121. The number of ether oxygens (including phenoxy) is 3. The van der Waals surface area contributed by atoms with Gasteiger partial charge in [0.1, 0.15) is 24.4 Å². The third-order valence-electron chi connectivity index (χ3n) is 16.3. The first-order valence-electron chi connectivity index (χ1n) is 34.3. The van der Waals surface area contributed by atoms with Gasteiger partial charge in [0.2, 0.25) is 5.91 Å². The van der Waals surface area contributed by atoms with Gasteiger partial charge in [-0.3, -0.25) is 9.59 Å². The van der Waals surface area contributed by atoms with E-state index in [0.29, 0.717) is 19.3 Å². The van der Waals surface area contributed by atoms with Crippen LogP contribution in [0.25, 0.3) is 0 Å². The molecule has 6 N–H and O–H groups in total. The molecule has 0 spiro atoms. The molecule has 80 heavy (non-hydrogen) atoms. The molecule has 1 aliphatic rings. The van der Waals surface area contributed by atoms with Crippen LogP contribution in [0, 0.1) is 0 Å². The Hall–Kier alpha value is -2.12. The van der Waals surface area contributed by atoms with Crippen LogP contribution in [0.2, 0.25) is 0 Å². The standard InChI is InChI=1S/C69H129NO10/c1-4-7-10-13-16-19-22-25-27-29-30-31-32-33-35-36-38-41-44-47-50-53-56-62(73)68(77)70-60(61(72)55-52-49-46-43-40-24-21-18-15-12-9-6-3)59-78-69-67(66(76)65(75)63(58-71)79-69)80-64(74)57-54-51-48-45-42-39-37-34-28-26-23-20-17-14-11-8-5-2/h25-28,52,55,60-63,65-67,69,71-73,75-76H,4-24,29-51,53-54,56-59H2,1-3H3,(H,70,77)/b27-25+,28-26+,55-52+. The van der Waals surface area contributed by atoms with Crippen LogP contribution in [0.15, 0.2) is 36.5 Å². The predicted molar refractivity (Wildman–Crippen MR) is 334 cm³/mol. The lowest BCUT2D eigenvalue weighted by Gasteiger charge is -2.41. The van der Waals surface area contributed by atoms with Crippen molar-refractivity contribution >= 4 is 11.9 Å². The number of rotatable bonds is 59. The number of hydrogen-bond acceptors (Lipinski definition) is 10. The summed E-state index contributed by atoms with van der Waals surface area (Å²) in [4.78, 5) is 26.6. The Morgan fingerprint density at radius 2 is 0.825 bits per heavy atom. The Morgan fingerprint density at radius 3 is 1.21 bits per heavy atom. The average Bonchev–Trinajstić information content (AvgIpc) is 3.48. The third kappa shape index (κ3) is 44.4. The van der Waals surface area contributed by atoms with Crippen molar-refractivity contribution in [2.45, 2.75) is 378 Å². The van der Waals surface area contributed by atoms with Crippen LogP contribution in [-0.4, -0.2) is 99.6 Å².